The number of morpholine rings is 1. The van der Waals surface area contributed by atoms with Crippen LogP contribution in [-0.2, 0) is 20.9 Å². The standard InChI is InChI=1S/C8H10O.C5H11NO.C3H4.C2H6NO2.CH3NO2/c1-9-7-8-5-3-2-4-6-8;1-6-2-4-7-5-3-6;1-3-2;1-3(4)5-2;1-2(3)4/h2-6H,7H2,1H3;2-5H2,1H3;1H,2H3;1-2H3;1H3/q;;;+1;. The fourth-order valence-corrected chi connectivity index (χ4v) is 1.40. The first kappa shape index (κ1) is 30.2. The monoisotopic (exact) mass is 400 g/mol. The number of benzene rings is 1. The number of nitrogens with zero attached hydrogens (tertiary/aromatic N) is 3. The Bertz CT molecular complexity index is 510. The Morgan fingerprint density at radius 3 is 1.82 bits per heavy atom. The third kappa shape index (κ3) is 34.7. The zero-order valence-electron chi connectivity index (χ0n) is 17.8. The van der Waals surface area contributed by atoms with Crippen molar-refractivity contribution in [3.8, 4) is 12.3 Å². The molecule has 0 N–H and O–H groups in total. The normalized spacial score (nSPS) is 11.8. The summed E-state index contributed by atoms with van der Waals surface area (Å²) in [6, 6.07) is 10.1. The van der Waals surface area contributed by atoms with Crippen LogP contribution in [0.3, 0.4) is 0 Å². The summed E-state index contributed by atoms with van der Waals surface area (Å²) in [6.07, 6.45) is 4.60. The molecule has 1 saturated heterocycles. The number of ether oxygens (including phenoxy) is 2. The van der Waals surface area contributed by atoms with Crippen LogP contribution in [0.1, 0.15) is 12.5 Å². The van der Waals surface area contributed by atoms with Crippen molar-refractivity contribution in [2.24, 2.45) is 0 Å². The second-order valence-corrected chi connectivity index (χ2v) is 5.18. The van der Waals surface area contributed by atoms with E-state index < -0.39 is 4.92 Å². The maximum Gasteiger partial charge on any atom is 0.239 e. The summed E-state index contributed by atoms with van der Waals surface area (Å²) >= 11 is 0. The van der Waals surface area contributed by atoms with Gasteiger partial charge in [0.25, 0.3) is 0 Å². The van der Waals surface area contributed by atoms with E-state index in [9.17, 15) is 4.91 Å². The highest BCUT2D eigenvalue weighted by Gasteiger charge is 2.02. The molecule has 28 heavy (non-hydrogen) atoms. The van der Waals surface area contributed by atoms with Crippen LogP contribution in [0.25, 0.3) is 0 Å². The summed E-state index contributed by atoms with van der Waals surface area (Å²) in [7, 11) is 7.29. The fraction of sp³-hybridized carbons (Fsp3) is 0.579. The number of hydrogen-bond donors (Lipinski definition) is 0. The Kier molecular flexibility index (Phi) is 26.4. The topological polar surface area (TPSA) is 94.2 Å². The number of nitro groups is 1. The van der Waals surface area contributed by atoms with E-state index in [1.54, 1.807) is 14.0 Å². The number of likely N-dealkylation sites (N-methyl/N-ethyl adjacent to an activating group) is 1. The van der Waals surface area contributed by atoms with Gasteiger partial charge in [-0.05, 0) is 19.5 Å². The molecule has 1 aliphatic heterocycles. The maximum atomic E-state index is 9.51. The Hall–Kier alpha value is -2.54. The average Bonchev–Trinajstić information content (AvgIpc) is 2.65. The summed E-state index contributed by atoms with van der Waals surface area (Å²) in [5.41, 5.74) is 1.22. The molecule has 2 rings (SSSR count). The number of rotatable bonds is 3. The fourth-order valence-electron chi connectivity index (χ4n) is 1.40. The molecule has 0 unspecified atom stereocenters. The SMILES string of the molecule is C#CC.CN1CCOCC1.COCc1ccccc1.CO[N+](C)=O.C[N+](=O)[O-]. The molecule has 1 aromatic rings. The number of hydrogen-bond acceptors (Lipinski definition) is 7. The predicted molar refractivity (Wildman–Crippen MR) is 109 cm³/mol. The van der Waals surface area contributed by atoms with E-state index in [1.165, 1.54) is 19.7 Å². The lowest BCUT2D eigenvalue weighted by Crippen LogP contribution is -2.32. The molecular formula is C19H34N3O6+. The lowest BCUT2D eigenvalue weighted by Gasteiger charge is -2.21. The minimum absolute atomic E-state index is 0.375. The van der Waals surface area contributed by atoms with Crippen molar-refractivity contribution in [3.05, 3.63) is 50.9 Å². The molecule has 1 aliphatic rings. The van der Waals surface area contributed by atoms with Gasteiger partial charge in [0.1, 0.15) is 0 Å². The van der Waals surface area contributed by atoms with Gasteiger partial charge in [-0.1, -0.05) is 30.3 Å². The van der Waals surface area contributed by atoms with Gasteiger partial charge in [-0.2, -0.15) is 0 Å². The van der Waals surface area contributed by atoms with Gasteiger partial charge in [0.05, 0.1) is 24.7 Å². The first-order valence-corrected chi connectivity index (χ1v) is 8.44. The van der Waals surface area contributed by atoms with Crippen molar-refractivity contribution in [1.82, 2.24) is 4.90 Å². The molecule has 0 spiro atoms. The minimum Gasteiger partial charge on any atom is -0.380 e. The summed E-state index contributed by atoms with van der Waals surface area (Å²) in [5.74, 6) is 2.25. The quantitative estimate of drug-likeness (QED) is 0.436. The molecule has 9 heteroatoms. The predicted octanol–water partition coefficient (Wildman–Crippen LogP) is 2.27. The van der Waals surface area contributed by atoms with Gasteiger partial charge in [-0.3, -0.25) is 10.1 Å². The second-order valence-electron chi connectivity index (χ2n) is 5.18. The van der Waals surface area contributed by atoms with E-state index in [0.717, 1.165) is 33.4 Å². The number of terminal acetylenes is 1. The van der Waals surface area contributed by atoms with Crippen LogP contribution >= 0.6 is 0 Å². The molecule has 0 saturated carbocycles. The van der Waals surface area contributed by atoms with Crippen molar-refractivity contribution >= 4 is 0 Å². The van der Waals surface area contributed by atoms with E-state index in [4.69, 9.17) is 19.6 Å². The molecule has 1 heterocycles. The zero-order valence-corrected chi connectivity index (χ0v) is 17.8. The molecule has 0 bridgehead atoms. The van der Waals surface area contributed by atoms with Gasteiger partial charge in [0.2, 0.25) is 12.0 Å². The van der Waals surface area contributed by atoms with Gasteiger partial charge in [0, 0.05) is 25.1 Å². The maximum absolute atomic E-state index is 9.51. The van der Waals surface area contributed by atoms with Gasteiger partial charge in [0.15, 0.2) is 14.2 Å². The largest absolute Gasteiger partial charge is 0.380 e. The third-order valence-electron chi connectivity index (χ3n) is 2.65. The molecule has 9 nitrogen and oxygen atoms in total. The van der Waals surface area contributed by atoms with Crippen LogP contribution in [0.2, 0.25) is 0 Å². The van der Waals surface area contributed by atoms with Crippen molar-refractivity contribution in [3.63, 3.8) is 0 Å². The van der Waals surface area contributed by atoms with Crippen LogP contribution in [0.5, 0.6) is 0 Å². The Morgan fingerprint density at radius 2 is 1.57 bits per heavy atom. The van der Waals surface area contributed by atoms with E-state index in [1.807, 2.05) is 30.3 Å². The molecule has 0 aliphatic carbocycles. The van der Waals surface area contributed by atoms with E-state index >= 15 is 0 Å². The summed E-state index contributed by atoms with van der Waals surface area (Å²) in [6.45, 7) is 6.38. The van der Waals surface area contributed by atoms with Crippen LogP contribution < -0.4 is 0 Å². The average molecular weight is 400 g/mol. The summed E-state index contributed by atoms with van der Waals surface area (Å²) in [4.78, 5) is 24.5. The Labute approximate surface area is 168 Å². The summed E-state index contributed by atoms with van der Waals surface area (Å²) in [5, 5.41) is 8.81. The molecule has 0 atom stereocenters. The smallest absolute Gasteiger partial charge is 0.239 e. The second kappa shape index (κ2) is 24.5. The minimum atomic E-state index is -0.500. The van der Waals surface area contributed by atoms with Crippen molar-refractivity contribution in [2.75, 3.05) is 61.7 Å². The molecule has 0 aromatic heterocycles. The van der Waals surface area contributed by atoms with Crippen LogP contribution in [-0.4, -0.2) is 76.4 Å². The third-order valence-corrected chi connectivity index (χ3v) is 2.65. The lowest BCUT2D eigenvalue weighted by molar-refractivity contribution is -0.776. The van der Waals surface area contributed by atoms with Crippen LogP contribution in [0, 0.1) is 27.4 Å². The highest BCUT2D eigenvalue weighted by atomic mass is 16.7. The van der Waals surface area contributed by atoms with Gasteiger partial charge < -0.3 is 14.4 Å². The molecule has 1 fully saturated rings. The van der Waals surface area contributed by atoms with E-state index in [0.29, 0.717) is 11.5 Å². The molecule has 0 amide bonds. The Morgan fingerprint density at radius 1 is 1.18 bits per heavy atom. The molecule has 1 aromatic carbocycles. The highest BCUT2D eigenvalue weighted by Crippen LogP contribution is 1.98. The van der Waals surface area contributed by atoms with Crippen molar-refractivity contribution < 1.29 is 24.2 Å². The zero-order chi connectivity index (χ0) is 22.2. The summed E-state index contributed by atoms with van der Waals surface area (Å²) < 4.78 is 10.0. The van der Waals surface area contributed by atoms with E-state index in [2.05, 4.69) is 29.1 Å². The van der Waals surface area contributed by atoms with Gasteiger partial charge in [-0.25, -0.2) is 4.84 Å². The molecule has 160 valence electrons. The lowest BCUT2D eigenvalue weighted by atomic mass is 10.2. The molecular weight excluding hydrogens is 366 g/mol. The van der Waals surface area contributed by atoms with Gasteiger partial charge in [-0.15, -0.1) is 12.3 Å². The van der Waals surface area contributed by atoms with Crippen molar-refractivity contribution in [2.45, 2.75) is 13.5 Å². The van der Waals surface area contributed by atoms with Crippen LogP contribution in [0.15, 0.2) is 30.3 Å². The number of methoxy groups -OCH3 is 1. The van der Waals surface area contributed by atoms with Gasteiger partial charge >= 0.3 is 0 Å². The Balaban J connectivity index is -0.000000296. The van der Waals surface area contributed by atoms with Crippen molar-refractivity contribution in [1.29, 1.82) is 0 Å². The molecule has 0 radical (unpaired) electrons. The highest BCUT2D eigenvalue weighted by molar-refractivity contribution is 5.13. The van der Waals surface area contributed by atoms with Crippen LogP contribution in [0.4, 0.5) is 0 Å². The first-order valence-electron chi connectivity index (χ1n) is 8.44. The first-order chi connectivity index (χ1) is 13.2. The van der Waals surface area contributed by atoms with E-state index in [-0.39, 0.29) is 0 Å².